The summed E-state index contributed by atoms with van der Waals surface area (Å²) in [4.78, 5) is 10.8. The van der Waals surface area contributed by atoms with Gasteiger partial charge in [0.05, 0.1) is 6.54 Å². The molecule has 68 valence electrons. The summed E-state index contributed by atoms with van der Waals surface area (Å²) in [5.74, 6) is -0.527. The van der Waals surface area contributed by atoms with Crippen molar-refractivity contribution in [2.75, 3.05) is 5.75 Å². The Balaban J connectivity index is 0.00000144. The van der Waals surface area contributed by atoms with Crippen LogP contribution in [0.25, 0.3) is 0 Å². The van der Waals surface area contributed by atoms with Gasteiger partial charge in [0.1, 0.15) is 0 Å². The van der Waals surface area contributed by atoms with Crippen LogP contribution in [-0.2, 0) is 17.6 Å². The molecule has 1 aromatic heterocycles. The second kappa shape index (κ2) is 5.71. The Labute approximate surface area is 98.9 Å². The minimum Gasteiger partial charge on any atom is -0.772 e. The largest absolute Gasteiger partial charge is 1.00 e. The third-order valence-corrected chi connectivity index (χ3v) is 1.69. The number of nitrogens with zero attached hydrogens (tertiary/aromatic N) is 2. The molecule has 0 saturated heterocycles. The van der Waals surface area contributed by atoms with Crippen molar-refractivity contribution in [1.29, 1.82) is 0 Å². The molecule has 1 aromatic rings. The SMILES string of the molecule is Cc1nn(CCS(=O)[O-])c(=O)o1.[Na+]. The summed E-state index contributed by atoms with van der Waals surface area (Å²) in [5, 5.41) is 3.65. The fourth-order valence-electron chi connectivity index (χ4n) is 0.713. The third kappa shape index (κ3) is 4.19. The molecule has 0 bridgehead atoms. The van der Waals surface area contributed by atoms with Gasteiger partial charge in [-0.2, -0.15) is 4.68 Å². The zero-order valence-corrected chi connectivity index (χ0v) is 10.2. The Morgan fingerprint density at radius 2 is 2.31 bits per heavy atom. The average Bonchev–Trinajstić information content (AvgIpc) is 2.26. The molecule has 0 radical (unpaired) electrons. The molecule has 8 heteroatoms. The normalized spacial score (nSPS) is 12.2. The van der Waals surface area contributed by atoms with Crippen molar-refractivity contribution in [2.24, 2.45) is 0 Å². The van der Waals surface area contributed by atoms with Gasteiger partial charge in [0.15, 0.2) is 0 Å². The van der Waals surface area contributed by atoms with E-state index in [1.54, 1.807) is 0 Å². The van der Waals surface area contributed by atoms with Gasteiger partial charge in [0, 0.05) is 12.7 Å². The van der Waals surface area contributed by atoms with Crippen LogP contribution in [0.4, 0.5) is 0 Å². The van der Waals surface area contributed by atoms with E-state index in [0.717, 1.165) is 4.68 Å². The van der Waals surface area contributed by atoms with Crippen molar-refractivity contribution < 1.29 is 42.7 Å². The molecule has 1 rings (SSSR count). The average molecular weight is 214 g/mol. The first-order valence-electron chi connectivity index (χ1n) is 3.20. The van der Waals surface area contributed by atoms with Crippen LogP contribution in [0, 0.1) is 6.92 Å². The monoisotopic (exact) mass is 214 g/mol. The molecule has 1 atom stereocenters. The molecule has 0 aliphatic rings. The van der Waals surface area contributed by atoms with Crippen LogP contribution in [0.2, 0.25) is 0 Å². The minimum atomic E-state index is -2.16. The van der Waals surface area contributed by atoms with Crippen LogP contribution in [0.3, 0.4) is 0 Å². The zero-order valence-electron chi connectivity index (χ0n) is 7.35. The third-order valence-electron chi connectivity index (χ3n) is 1.18. The summed E-state index contributed by atoms with van der Waals surface area (Å²) < 4.78 is 25.8. The smallest absolute Gasteiger partial charge is 0.772 e. The van der Waals surface area contributed by atoms with Gasteiger partial charge in [-0.3, -0.25) is 4.21 Å². The van der Waals surface area contributed by atoms with Gasteiger partial charge in [0.2, 0.25) is 5.89 Å². The Hall–Kier alpha value is 0.0500. The summed E-state index contributed by atoms with van der Waals surface area (Å²) >= 11 is -2.16. The van der Waals surface area contributed by atoms with Gasteiger partial charge in [-0.15, -0.1) is 5.10 Å². The molecule has 0 amide bonds. The molecule has 0 aliphatic heterocycles. The minimum absolute atomic E-state index is 0. The Morgan fingerprint density at radius 3 is 2.69 bits per heavy atom. The molecule has 0 spiro atoms. The molecular formula is C5H7N2NaO4S. The Kier molecular flexibility index (Phi) is 5.73. The summed E-state index contributed by atoms with van der Waals surface area (Å²) in [6, 6.07) is 0. The summed E-state index contributed by atoms with van der Waals surface area (Å²) in [6.45, 7) is 1.55. The van der Waals surface area contributed by atoms with E-state index in [2.05, 4.69) is 9.52 Å². The van der Waals surface area contributed by atoms with Crippen molar-refractivity contribution in [1.82, 2.24) is 9.78 Å². The van der Waals surface area contributed by atoms with Crippen LogP contribution < -0.4 is 35.3 Å². The fraction of sp³-hybridized carbons (Fsp3) is 0.600. The quantitative estimate of drug-likeness (QED) is 0.378. The molecule has 0 aromatic carbocycles. The van der Waals surface area contributed by atoms with E-state index >= 15 is 0 Å². The molecule has 0 aliphatic carbocycles. The van der Waals surface area contributed by atoms with E-state index in [4.69, 9.17) is 0 Å². The number of hydrogen-bond acceptors (Lipinski definition) is 5. The fourth-order valence-corrected chi connectivity index (χ4v) is 1.03. The number of aromatic nitrogens is 2. The second-order valence-corrected chi connectivity index (χ2v) is 3.13. The predicted octanol–water partition coefficient (Wildman–Crippen LogP) is -3.97. The van der Waals surface area contributed by atoms with Gasteiger partial charge >= 0.3 is 35.3 Å². The Morgan fingerprint density at radius 1 is 1.69 bits per heavy atom. The topological polar surface area (TPSA) is 88.2 Å². The van der Waals surface area contributed by atoms with Gasteiger partial charge in [-0.1, -0.05) is 11.1 Å². The summed E-state index contributed by atoms with van der Waals surface area (Å²) in [5.41, 5.74) is 0. The number of rotatable bonds is 3. The number of aryl methyl sites for hydroxylation is 2. The first-order chi connectivity index (χ1) is 5.59. The predicted molar refractivity (Wildman–Crippen MR) is 39.3 cm³/mol. The van der Waals surface area contributed by atoms with E-state index in [1.807, 2.05) is 0 Å². The molecule has 13 heavy (non-hydrogen) atoms. The van der Waals surface area contributed by atoms with E-state index in [1.165, 1.54) is 6.92 Å². The molecular weight excluding hydrogens is 207 g/mol. The molecule has 1 unspecified atom stereocenters. The first-order valence-corrected chi connectivity index (χ1v) is 4.44. The van der Waals surface area contributed by atoms with Crippen LogP contribution in [0.1, 0.15) is 5.89 Å². The molecule has 1 heterocycles. The van der Waals surface area contributed by atoms with Crippen LogP contribution in [0.5, 0.6) is 0 Å². The maximum atomic E-state index is 10.8. The van der Waals surface area contributed by atoms with Crippen molar-refractivity contribution in [2.45, 2.75) is 13.5 Å². The van der Waals surface area contributed by atoms with E-state index in [9.17, 15) is 13.6 Å². The van der Waals surface area contributed by atoms with E-state index in [0.29, 0.717) is 0 Å². The molecule has 6 nitrogen and oxygen atoms in total. The zero-order chi connectivity index (χ0) is 9.14. The van der Waals surface area contributed by atoms with Gasteiger partial charge in [-0.05, 0) is 0 Å². The molecule has 0 saturated carbocycles. The summed E-state index contributed by atoms with van der Waals surface area (Å²) in [6.07, 6.45) is 0. The van der Waals surface area contributed by atoms with E-state index < -0.39 is 16.8 Å². The first kappa shape index (κ1) is 13.1. The molecule has 0 fully saturated rings. The van der Waals surface area contributed by atoms with Crippen LogP contribution in [0.15, 0.2) is 9.21 Å². The standard InChI is InChI=1S/C5H8N2O4S.Na/c1-4-6-7(5(8)11-4)2-3-12(9)10;/h2-3H2,1H3,(H,9,10);/q;+1/p-1. The van der Waals surface area contributed by atoms with Crippen molar-refractivity contribution in [3.63, 3.8) is 0 Å². The van der Waals surface area contributed by atoms with Crippen molar-refractivity contribution >= 4 is 11.1 Å². The van der Waals surface area contributed by atoms with Gasteiger partial charge in [0.25, 0.3) is 0 Å². The van der Waals surface area contributed by atoms with Crippen molar-refractivity contribution in [3.05, 3.63) is 16.4 Å². The van der Waals surface area contributed by atoms with Crippen molar-refractivity contribution in [3.8, 4) is 0 Å². The summed E-state index contributed by atoms with van der Waals surface area (Å²) in [7, 11) is 0. The number of hydrogen-bond donors (Lipinski definition) is 0. The second-order valence-electron chi connectivity index (χ2n) is 2.12. The van der Waals surface area contributed by atoms with Crippen LogP contribution in [-0.4, -0.2) is 24.3 Å². The van der Waals surface area contributed by atoms with Crippen LogP contribution >= 0.6 is 0 Å². The van der Waals surface area contributed by atoms with Gasteiger partial charge in [-0.25, -0.2) is 4.79 Å². The maximum absolute atomic E-state index is 10.8. The van der Waals surface area contributed by atoms with E-state index in [-0.39, 0.29) is 47.7 Å². The van der Waals surface area contributed by atoms with Gasteiger partial charge < -0.3 is 8.97 Å². The molecule has 0 N–H and O–H groups in total. The Bertz CT molecular complexity index is 347. The maximum Gasteiger partial charge on any atom is 1.00 e.